The van der Waals surface area contributed by atoms with E-state index in [0.717, 1.165) is 59.0 Å². The molecule has 2 aliphatic carbocycles. The van der Waals surface area contributed by atoms with E-state index in [1.165, 1.54) is 9.03 Å². The second-order valence-corrected chi connectivity index (χ2v) is 18.7. The van der Waals surface area contributed by atoms with E-state index < -0.39 is 23.9 Å². The summed E-state index contributed by atoms with van der Waals surface area (Å²) in [7, 11) is 3.67. The third-order valence-corrected chi connectivity index (χ3v) is 13.1. The molecule has 2 aliphatic rings. The van der Waals surface area contributed by atoms with Crippen LogP contribution in [-0.4, -0.2) is 69.7 Å². The highest BCUT2D eigenvalue weighted by molar-refractivity contribution is 6.35. The van der Waals surface area contributed by atoms with Crippen LogP contribution >= 0.6 is 11.6 Å². The van der Waals surface area contributed by atoms with Gasteiger partial charge in [-0.3, -0.25) is 28.5 Å². The molecule has 0 spiro atoms. The maximum Gasteiger partial charge on any atom is 0.260 e. The van der Waals surface area contributed by atoms with Gasteiger partial charge in [0.1, 0.15) is 11.1 Å². The summed E-state index contributed by atoms with van der Waals surface area (Å²) in [4.78, 5) is 61.8. The molecule has 0 unspecified atom stereocenters. The molecule has 75 heavy (non-hydrogen) atoms. The van der Waals surface area contributed by atoms with Gasteiger partial charge in [-0.2, -0.15) is 10.2 Å². The highest BCUT2D eigenvalue weighted by atomic mass is 35.5. The number of pyridine rings is 2. The Morgan fingerprint density at radius 2 is 1.17 bits per heavy atom. The molecular formula is C54H49ClN16O4. The van der Waals surface area contributed by atoms with Crippen molar-refractivity contribution in [1.82, 2.24) is 68.5 Å². The lowest BCUT2D eigenvalue weighted by atomic mass is 10.0. The molecule has 376 valence electrons. The van der Waals surface area contributed by atoms with Crippen molar-refractivity contribution in [3.63, 3.8) is 0 Å². The summed E-state index contributed by atoms with van der Waals surface area (Å²) in [6.07, 6.45) is 22.2. The molecule has 2 saturated carbocycles. The minimum atomic E-state index is -0.464. The largest absolute Gasteiger partial charge is 0.381 e. The fourth-order valence-corrected chi connectivity index (χ4v) is 9.25. The molecule has 6 N–H and O–H groups in total. The fraction of sp³-hybridized carbons (Fsp3) is 0.222. The molecule has 8 heterocycles. The summed E-state index contributed by atoms with van der Waals surface area (Å²) in [5.74, 6) is 8.12. The number of halogens is 1. The number of nitrogen functional groups attached to an aromatic ring is 2. The Labute approximate surface area is 433 Å². The summed E-state index contributed by atoms with van der Waals surface area (Å²) in [5, 5.41) is 25.3. The van der Waals surface area contributed by atoms with Crippen LogP contribution in [0.2, 0.25) is 5.02 Å². The number of terminal acetylenes is 1. The van der Waals surface area contributed by atoms with E-state index in [-0.39, 0.29) is 46.0 Å². The molecule has 12 rings (SSSR count). The average molecular weight is 1020 g/mol. The number of nitrogens with zero attached hydrogens (tertiary/aromatic N) is 12. The van der Waals surface area contributed by atoms with Gasteiger partial charge in [-0.25, -0.2) is 19.0 Å². The predicted octanol–water partition coefficient (Wildman–Crippen LogP) is 6.09. The zero-order chi connectivity index (χ0) is 52.7. The molecule has 2 fully saturated rings. The maximum absolute atomic E-state index is 13.8. The first kappa shape index (κ1) is 49.1. The monoisotopic (exact) mass is 1020 g/mol. The van der Waals surface area contributed by atoms with Gasteiger partial charge in [-0.1, -0.05) is 53.6 Å². The number of amides is 2. The molecule has 2 aromatic carbocycles. The zero-order valence-corrected chi connectivity index (χ0v) is 41.9. The number of carbonyl (C=O) groups is 2. The molecule has 20 nitrogen and oxygen atoms in total. The number of carbonyl (C=O) groups excluding carboxylic acids is 2. The molecule has 2 atom stereocenters. The van der Waals surface area contributed by atoms with Gasteiger partial charge in [0, 0.05) is 80.3 Å². The Hall–Kier alpha value is -9.53. The van der Waals surface area contributed by atoms with Gasteiger partial charge in [0.2, 0.25) is 0 Å². The zero-order valence-electron chi connectivity index (χ0n) is 41.1. The van der Waals surface area contributed by atoms with Crippen LogP contribution < -0.4 is 33.2 Å². The molecule has 10 aromatic rings. The standard InChI is InChI=1S/C27H24N8O2.C21H19ClN6O2.C6H6N2/c1-16(31-26(36)23-24(28)32-34-12-4-11-29-25(23)34)21-13-19-6-3-5-18(8-7-17-14-30-33(2)15-17)22(19)27(37)35(21)20-9-10-20;1-11(25-20(29)17-18(23)26-27-9-3-8-24-19(17)27)15-10-12-4-2-5-14(22)16(12)21(30)28(15)13-6-7-13;1-3-6-4-7-8(2)5-6/h3-6,11-16,20H,9-10H2,1-2H3,(H2,28,32)(H,31,36);2-5,8-11,13H,6-7H2,1H3,(H2,23,26)(H,25,29);1,4-5H,2H3/t16-;11-;/m00./s1. The number of hydrogen-bond donors (Lipinski definition) is 4. The van der Waals surface area contributed by atoms with Crippen molar-refractivity contribution in [1.29, 1.82) is 0 Å². The lowest BCUT2D eigenvalue weighted by Crippen LogP contribution is -2.33. The number of benzene rings is 2. The SMILES string of the molecule is C#Cc1cnn(C)c1.C[C@H](NC(=O)c1c(N)nn2cccnc12)c1cc2cccc(C#Cc3cnn(C)c3)c2c(=O)n1C1CC1.C[C@H](NC(=O)c1c(N)nn2cccnc12)c1cc2cccc(Cl)c2c(=O)n1C1CC1. The Kier molecular flexibility index (Phi) is 13.2. The first-order chi connectivity index (χ1) is 36.2. The fourth-order valence-electron chi connectivity index (χ4n) is 8.99. The molecule has 8 aromatic heterocycles. The van der Waals surface area contributed by atoms with Gasteiger partial charge in [0.25, 0.3) is 22.9 Å². The number of hydrogen-bond acceptors (Lipinski definition) is 12. The van der Waals surface area contributed by atoms with E-state index in [0.29, 0.717) is 32.7 Å². The topological polar surface area (TPSA) is 250 Å². The third-order valence-electron chi connectivity index (χ3n) is 12.8. The minimum absolute atomic E-state index is 0.0919. The third kappa shape index (κ3) is 9.89. The predicted molar refractivity (Wildman–Crippen MR) is 285 cm³/mol. The first-order valence-electron chi connectivity index (χ1n) is 24.0. The summed E-state index contributed by atoms with van der Waals surface area (Å²) in [5.41, 5.74) is 16.7. The minimum Gasteiger partial charge on any atom is -0.381 e. The molecule has 0 aliphatic heterocycles. The Morgan fingerprint density at radius 1 is 0.693 bits per heavy atom. The van der Waals surface area contributed by atoms with E-state index >= 15 is 0 Å². The average Bonchev–Trinajstić information content (AvgIpc) is 4.27. The summed E-state index contributed by atoms with van der Waals surface area (Å²) >= 11 is 6.30. The number of anilines is 2. The number of nitrogens with one attached hydrogen (secondary N) is 2. The number of nitrogens with two attached hydrogens (primary N) is 2. The molecule has 0 saturated heterocycles. The van der Waals surface area contributed by atoms with Crippen LogP contribution in [0.4, 0.5) is 11.6 Å². The van der Waals surface area contributed by atoms with Crippen molar-refractivity contribution in [2.24, 2.45) is 14.1 Å². The molecule has 2 amide bonds. The lowest BCUT2D eigenvalue weighted by Gasteiger charge is -2.21. The highest BCUT2D eigenvalue weighted by Gasteiger charge is 2.32. The Morgan fingerprint density at radius 3 is 1.64 bits per heavy atom. The normalized spacial score (nSPS) is 13.7. The van der Waals surface area contributed by atoms with E-state index in [4.69, 9.17) is 29.5 Å². The molecule has 21 heteroatoms. The smallest absolute Gasteiger partial charge is 0.260 e. The van der Waals surface area contributed by atoms with Gasteiger partial charge >= 0.3 is 0 Å². The van der Waals surface area contributed by atoms with Crippen LogP contribution in [0.5, 0.6) is 0 Å². The van der Waals surface area contributed by atoms with Crippen LogP contribution in [0.3, 0.4) is 0 Å². The number of aromatic nitrogens is 12. The van der Waals surface area contributed by atoms with Crippen LogP contribution in [0, 0.1) is 24.2 Å². The van der Waals surface area contributed by atoms with E-state index in [2.05, 4.69) is 58.8 Å². The second kappa shape index (κ2) is 20.2. The molecule has 0 radical (unpaired) electrons. The van der Waals surface area contributed by atoms with Crippen LogP contribution in [0.1, 0.15) is 112 Å². The number of fused-ring (bicyclic) bond motifs is 4. The van der Waals surface area contributed by atoms with Gasteiger partial charge in [0.15, 0.2) is 22.9 Å². The van der Waals surface area contributed by atoms with Crippen molar-refractivity contribution < 1.29 is 9.59 Å². The first-order valence-corrected chi connectivity index (χ1v) is 24.3. The lowest BCUT2D eigenvalue weighted by molar-refractivity contribution is 0.0932. The molecular weight excluding hydrogens is 972 g/mol. The van der Waals surface area contributed by atoms with Crippen molar-refractivity contribution in [3.8, 4) is 24.2 Å². The van der Waals surface area contributed by atoms with Gasteiger partial charge in [0.05, 0.1) is 51.4 Å². The Bertz CT molecular complexity index is 4120. The van der Waals surface area contributed by atoms with Crippen molar-refractivity contribution >= 4 is 67.9 Å². The Balaban J connectivity index is 0.000000151. The summed E-state index contributed by atoms with van der Waals surface area (Å²) in [6.45, 7) is 3.70. The highest BCUT2D eigenvalue weighted by Crippen LogP contribution is 2.38. The second-order valence-electron chi connectivity index (χ2n) is 18.3. The van der Waals surface area contributed by atoms with E-state index in [1.54, 1.807) is 80.1 Å². The number of rotatable bonds is 8. The maximum atomic E-state index is 13.8. The molecule has 0 bridgehead atoms. The van der Waals surface area contributed by atoms with Crippen molar-refractivity contribution in [2.75, 3.05) is 11.5 Å². The summed E-state index contributed by atoms with van der Waals surface area (Å²) in [6, 6.07) is 17.6. The van der Waals surface area contributed by atoms with Crippen molar-refractivity contribution in [3.05, 3.63) is 175 Å². The summed E-state index contributed by atoms with van der Waals surface area (Å²) < 4.78 is 9.87. The number of aryl methyl sites for hydroxylation is 2. The van der Waals surface area contributed by atoms with Crippen molar-refractivity contribution in [2.45, 2.75) is 63.7 Å². The van der Waals surface area contributed by atoms with Crippen LogP contribution in [0.25, 0.3) is 32.8 Å². The van der Waals surface area contributed by atoms with Gasteiger partial charge in [-0.05, 0) is 86.7 Å². The van der Waals surface area contributed by atoms with E-state index in [1.807, 2.05) is 76.6 Å². The quantitative estimate of drug-likeness (QED) is 0.126. The van der Waals surface area contributed by atoms with Gasteiger partial charge < -0.3 is 31.2 Å². The van der Waals surface area contributed by atoms with Crippen LogP contribution in [-0.2, 0) is 14.1 Å². The van der Waals surface area contributed by atoms with Gasteiger partial charge in [-0.15, -0.1) is 16.6 Å². The van der Waals surface area contributed by atoms with E-state index in [9.17, 15) is 19.2 Å². The van der Waals surface area contributed by atoms with Crippen LogP contribution in [0.15, 0.2) is 120 Å².